The van der Waals surface area contributed by atoms with Crippen LogP contribution in [0, 0.1) is 5.82 Å². The van der Waals surface area contributed by atoms with Gasteiger partial charge in [0, 0.05) is 0 Å². The van der Waals surface area contributed by atoms with Crippen molar-refractivity contribution in [2.24, 2.45) is 0 Å². The second-order valence-electron chi connectivity index (χ2n) is 4.54. The number of amides is 2. The number of nitrogens with zero attached hydrogens (tertiary/aromatic N) is 1. The third kappa shape index (κ3) is 3.94. The number of thioether (sulfide) groups is 1. The summed E-state index contributed by atoms with van der Waals surface area (Å²) in [6.45, 7) is 1.68. The number of hydrogen-bond donors (Lipinski definition) is 0. The quantitative estimate of drug-likeness (QED) is 0.616. The molecule has 0 atom stereocenters. The maximum atomic E-state index is 13.1. The lowest BCUT2D eigenvalue weighted by Crippen LogP contribution is -2.34. The first-order valence-electron chi connectivity index (χ1n) is 6.68. The topological polar surface area (TPSA) is 63.7 Å². The van der Waals surface area contributed by atoms with Crippen LogP contribution in [0.2, 0.25) is 0 Å². The largest absolute Gasteiger partial charge is 0.464 e. The number of esters is 1. The molecule has 1 aromatic carbocycles. The summed E-state index contributed by atoms with van der Waals surface area (Å²) in [4.78, 5) is 36.4. The summed E-state index contributed by atoms with van der Waals surface area (Å²) in [5.74, 6) is -1.64. The van der Waals surface area contributed by atoms with Gasteiger partial charge in [0.05, 0.1) is 11.5 Å². The van der Waals surface area contributed by atoms with Gasteiger partial charge in [-0.15, -0.1) is 0 Å². The zero-order valence-corrected chi connectivity index (χ0v) is 12.7. The Morgan fingerprint density at radius 1 is 1.41 bits per heavy atom. The standard InChI is InChI=1S/C15H14FNO4S/c1-2-6-21-13(18)9-17-14(19)12(22-15(17)20)8-10-4-3-5-11(16)7-10/h3-5,7-8H,2,6,9H2,1H3/b12-8-. The molecule has 2 rings (SSSR count). The van der Waals surface area contributed by atoms with E-state index in [0.29, 0.717) is 23.7 Å². The van der Waals surface area contributed by atoms with Crippen molar-refractivity contribution in [1.82, 2.24) is 4.90 Å². The predicted molar refractivity (Wildman–Crippen MR) is 80.3 cm³/mol. The molecule has 22 heavy (non-hydrogen) atoms. The lowest BCUT2D eigenvalue weighted by Gasteiger charge is -2.11. The van der Waals surface area contributed by atoms with Crippen molar-refractivity contribution in [3.05, 3.63) is 40.6 Å². The van der Waals surface area contributed by atoms with Crippen LogP contribution >= 0.6 is 11.8 Å². The van der Waals surface area contributed by atoms with E-state index in [4.69, 9.17) is 4.74 Å². The van der Waals surface area contributed by atoms with Gasteiger partial charge in [0.15, 0.2) is 0 Å². The molecule has 0 radical (unpaired) electrons. The number of ether oxygens (including phenoxy) is 1. The minimum atomic E-state index is -0.629. The highest BCUT2D eigenvalue weighted by Gasteiger charge is 2.36. The first kappa shape index (κ1) is 16.2. The molecule has 0 spiro atoms. The van der Waals surface area contributed by atoms with Crippen LogP contribution in [0.5, 0.6) is 0 Å². The lowest BCUT2D eigenvalue weighted by atomic mass is 10.2. The number of halogens is 1. The van der Waals surface area contributed by atoms with Crippen molar-refractivity contribution in [3.63, 3.8) is 0 Å². The minimum Gasteiger partial charge on any atom is -0.464 e. The summed E-state index contributed by atoms with van der Waals surface area (Å²) in [7, 11) is 0. The fourth-order valence-corrected chi connectivity index (χ4v) is 2.61. The predicted octanol–water partition coefficient (Wildman–Crippen LogP) is 2.82. The highest BCUT2D eigenvalue weighted by Crippen LogP contribution is 2.32. The van der Waals surface area contributed by atoms with Crippen molar-refractivity contribution in [2.75, 3.05) is 13.2 Å². The van der Waals surface area contributed by atoms with Crippen LogP contribution in [0.15, 0.2) is 29.2 Å². The van der Waals surface area contributed by atoms with Gasteiger partial charge in [-0.2, -0.15) is 0 Å². The molecule has 116 valence electrons. The zero-order valence-electron chi connectivity index (χ0n) is 11.9. The van der Waals surface area contributed by atoms with Crippen LogP contribution in [-0.2, 0) is 14.3 Å². The highest BCUT2D eigenvalue weighted by atomic mass is 32.2. The summed E-state index contributed by atoms with van der Waals surface area (Å²) in [6.07, 6.45) is 2.08. The van der Waals surface area contributed by atoms with Crippen LogP contribution in [-0.4, -0.2) is 35.2 Å². The molecule has 0 aromatic heterocycles. The molecule has 1 aromatic rings. The van der Waals surface area contributed by atoms with E-state index in [9.17, 15) is 18.8 Å². The van der Waals surface area contributed by atoms with Gasteiger partial charge in [-0.3, -0.25) is 19.3 Å². The molecule has 5 nitrogen and oxygen atoms in total. The number of rotatable bonds is 5. The van der Waals surface area contributed by atoms with Crippen LogP contribution in [0.1, 0.15) is 18.9 Å². The van der Waals surface area contributed by atoms with Crippen molar-refractivity contribution in [2.45, 2.75) is 13.3 Å². The zero-order chi connectivity index (χ0) is 16.1. The average Bonchev–Trinajstić information content (AvgIpc) is 2.73. The Kier molecular flexibility index (Phi) is 5.32. The summed E-state index contributed by atoms with van der Waals surface area (Å²) in [5, 5.41) is -0.541. The van der Waals surface area contributed by atoms with Gasteiger partial charge in [0.25, 0.3) is 11.1 Å². The molecule has 1 heterocycles. The first-order chi connectivity index (χ1) is 10.5. The van der Waals surface area contributed by atoms with Crippen molar-refractivity contribution >= 4 is 35.0 Å². The van der Waals surface area contributed by atoms with Crippen LogP contribution in [0.3, 0.4) is 0 Å². The molecule has 0 saturated carbocycles. The van der Waals surface area contributed by atoms with Gasteiger partial charge in [-0.1, -0.05) is 19.1 Å². The normalized spacial score (nSPS) is 16.5. The van der Waals surface area contributed by atoms with Crippen LogP contribution in [0.4, 0.5) is 9.18 Å². The van der Waals surface area contributed by atoms with Crippen LogP contribution in [0.25, 0.3) is 6.08 Å². The third-order valence-corrected chi connectivity index (χ3v) is 3.68. The third-order valence-electron chi connectivity index (χ3n) is 2.77. The Bertz CT molecular complexity index is 644. The van der Waals surface area contributed by atoms with Gasteiger partial charge >= 0.3 is 5.97 Å². The second-order valence-corrected chi connectivity index (χ2v) is 5.54. The summed E-state index contributed by atoms with van der Waals surface area (Å²) in [6, 6.07) is 5.66. The molecule has 1 fully saturated rings. The summed E-state index contributed by atoms with van der Waals surface area (Å²) in [5.41, 5.74) is 0.471. The maximum absolute atomic E-state index is 13.1. The molecule has 0 unspecified atom stereocenters. The van der Waals surface area contributed by atoms with E-state index in [2.05, 4.69) is 0 Å². The SMILES string of the molecule is CCCOC(=O)CN1C(=O)S/C(=C\c2cccc(F)c2)C1=O. The van der Waals surface area contributed by atoms with E-state index in [1.165, 1.54) is 24.3 Å². The Balaban J connectivity index is 2.10. The molecule has 0 aliphatic carbocycles. The molecule has 1 saturated heterocycles. The Morgan fingerprint density at radius 3 is 2.86 bits per heavy atom. The molecular formula is C15H14FNO4S. The Labute approximate surface area is 131 Å². The molecule has 0 bridgehead atoms. The minimum absolute atomic E-state index is 0.152. The van der Waals surface area contributed by atoms with E-state index < -0.39 is 29.5 Å². The van der Waals surface area contributed by atoms with Crippen molar-refractivity contribution in [1.29, 1.82) is 0 Å². The fourth-order valence-electron chi connectivity index (χ4n) is 1.77. The molecular weight excluding hydrogens is 309 g/mol. The monoisotopic (exact) mass is 323 g/mol. The molecule has 0 N–H and O–H groups in total. The average molecular weight is 323 g/mol. The number of hydrogen-bond acceptors (Lipinski definition) is 5. The first-order valence-corrected chi connectivity index (χ1v) is 7.49. The van der Waals surface area contributed by atoms with Gasteiger partial charge in [0.2, 0.25) is 0 Å². The van der Waals surface area contributed by atoms with E-state index >= 15 is 0 Å². The Hall–Kier alpha value is -2.15. The maximum Gasteiger partial charge on any atom is 0.326 e. The smallest absolute Gasteiger partial charge is 0.326 e. The van der Waals surface area contributed by atoms with E-state index in [1.54, 1.807) is 6.07 Å². The molecule has 1 aliphatic heterocycles. The van der Waals surface area contributed by atoms with Gasteiger partial charge < -0.3 is 4.74 Å². The Morgan fingerprint density at radius 2 is 2.18 bits per heavy atom. The van der Waals surface area contributed by atoms with Crippen molar-refractivity contribution < 1.29 is 23.5 Å². The van der Waals surface area contributed by atoms with Crippen LogP contribution < -0.4 is 0 Å². The van der Waals surface area contributed by atoms with Gasteiger partial charge in [-0.05, 0) is 42.0 Å². The second kappa shape index (κ2) is 7.22. The fraction of sp³-hybridized carbons (Fsp3) is 0.267. The summed E-state index contributed by atoms with van der Waals surface area (Å²) < 4.78 is 18.0. The van der Waals surface area contributed by atoms with Gasteiger partial charge in [0.1, 0.15) is 12.4 Å². The van der Waals surface area contributed by atoms with E-state index in [0.717, 1.165) is 4.90 Å². The summed E-state index contributed by atoms with van der Waals surface area (Å²) >= 11 is 0.717. The van der Waals surface area contributed by atoms with Gasteiger partial charge in [-0.25, -0.2) is 4.39 Å². The van der Waals surface area contributed by atoms with E-state index in [-0.39, 0.29) is 11.5 Å². The molecule has 7 heteroatoms. The number of imide groups is 1. The number of benzene rings is 1. The number of carbonyl (C=O) groups excluding carboxylic acids is 3. The highest BCUT2D eigenvalue weighted by molar-refractivity contribution is 8.18. The number of carbonyl (C=O) groups is 3. The molecule has 1 aliphatic rings. The molecule has 2 amide bonds. The lowest BCUT2D eigenvalue weighted by molar-refractivity contribution is -0.146. The van der Waals surface area contributed by atoms with E-state index in [1.807, 2.05) is 6.92 Å². The van der Waals surface area contributed by atoms with Crippen molar-refractivity contribution in [3.8, 4) is 0 Å².